The Morgan fingerprint density at radius 3 is 2.47 bits per heavy atom. The molecule has 0 bridgehead atoms. The van der Waals surface area contributed by atoms with Crippen molar-refractivity contribution in [2.24, 2.45) is 0 Å². The Hall–Kier alpha value is -2.39. The first-order valence-electron chi connectivity index (χ1n) is 9.37. The van der Waals surface area contributed by atoms with Gasteiger partial charge in [-0.2, -0.15) is 4.31 Å². The normalized spacial score (nSPS) is 15.2. The van der Waals surface area contributed by atoms with Crippen molar-refractivity contribution in [3.05, 3.63) is 65.2 Å². The third-order valence-corrected chi connectivity index (χ3v) is 6.55. The van der Waals surface area contributed by atoms with Gasteiger partial charge in [-0.25, -0.2) is 13.2 Å². The van der Waals surface area contributed by atoms with E-state index in [0.29, 0.717) is 42.6 Å². The van der Waals surface area contributed by atoms with E-state index in [9.17, 15) is 13.2 Å². The molecule has 0 aliphatic carbocycles. The van der Waals surface area contributed by atoms with E-state index in [1.165, 1.54) is 22.5 Å². The summed E-state index contributed by atoms with van der Waals surface area (Å²) in [5.74, 6) is 0.000604. The van der Waals surface area contributed by atoms with Gasteiger partial charge in [-0.3, -0.25) is 0 Å². The van der Waals surface area contributed by atoms with E-state index in [2.05, 4.69) is 0 Å². The van der Waals surface area contributed by atoms with Crippen molar-refractivity contribution in [3.63, 3.8) is 0 Å². The molecule has 1 heterocycles. The summed E-state index contributed by atoms with van der Waals surface area (Å²) in [6, 6.07) is 13.4. The summed E-state index contributed by atoms with van der Waals surface area (Å²) < 4.78 is 42.3. The minimum atomic E-state index is -3.54. The number of halogens is 1. The van der Waals surface area contributed by atoms with Crippen molar-refractivity contribution >= 4 is 33.7 Å². The Morgan fingerprint density at radius 1 is 1.07 bits per heavy atom. The predicted molar refractivity (Wildman–Crippen MR) is 113 cm³/mol. The Balaban J connectivity index is 1.47. The number of sulfonamides is 1. The van der Waals surface area contributed by atoms with Gasteiger partial charge in [-0.15, -0.1) is 0 Å². The zero-order chi connectivity index (χ0) is 21.4. The number of carbonyl (C=O) groups is 1. The molecule has 0 radical (unpaired) electrons. The molecule has 1 saturated heterocycles. The number of morpholine rings is 1. The van der Waals surface area contributed by atoms with E-state index in [4.69, 9.17) is 25.8 Å². The highest BCUT2D eigenvalue weighted by Gasteiger charge is 2.25. The molecule has 0 aromatic heterocycles. The Morgan fingerprint density at radius 2 is 1.77 bits per heavy atom. The minimum absolute atomic E-state index is 0.0745. The van der Waals surface area contributed by atoms with Gasteiger partial charge in [-0.1, -0.05) is 35.9 Å². The van der Waals surface area contributed by atoms with Crippen LogP contribution in [0.25, 0.3) is 6.08 Å². The first kappa shape index (κ1) is 22.3. The van der Waals surface area contributed by atoms with E-state index in [0.717, 1.165) is 0 Å². The van der Waals surface area contributed by atoms with Crippen molar-refractivity contribution in [1.82, 2.24) is 4.31 Å². The van der Waals surface area contributed by atoms with E-state index >= 15 is 0 Å². The number of hydrogen-bond acceptors (Lipinski definition) is 6. The second kappa shape index (κ2) is 10.6. The summed E-state index contributed by atoms with van der Waals surface area (Å²) in [6.07, 6.45) is 2.84. The maximum absolute atomic E-state index is 12.6. The number of esters is 1. The Bertz CT molecular complexity index is 985. The van der Waals surface area contributed by atoms with Crippen LogP contribution < -0.4 is 4.74 Å². The number of para-hydroxylation sites is 1. The summed E-state index contributed by atoms with van der Waals surface area (Å²) in [4.78, 5) is 12.0. The molecule has 3 rings (SSSR count). The van der Waals surface area contributed by atoms with Gasteiger partial charge in [-0.05, 0) is 35.9 Å². The van der Waals surface area contributed by atoms with Crippen LogP contribution in [0.1, 0.15) is 5.56 Å². The molecule has 0 amide bonds. The highest BCUT2D eigenvalue weighted by Crippen LogP contribution is 2.23. The maximum atomic E-state index is 12.6. The molecule has 30 heavy (non-hydrogen) atoms. The third kappa shape index (κ3) is 6.06. The number of benzene rings is 2. The summed E-state index contributed by atoms with van der Waals surface area (Å²) >= 11 is 5.98. The van der Waals surface area contributed by atoms with Crippen molar-refractivity contribution in [1.29, 1.82) is 0 Å². The fourth-order valence-corrected chi connectivity index (χ4v) is 4.35. The smallest absolute Gasteiger partial charge is 0.330 e. The minimum Gasteiger partial charge on any atom is -0.488 e. The van der Waals surface area contributed by atoms with Crippen LogP contribution in [-0.4, -0.2) is 58.2 Å². The van der Waals surface area contributed by atoms with Crippen LogP contribution in [0.4, 0.5) is 0 Å². The highest BCUT2D eigenvalue weighted by atomic mass is 35.5. The lowest BCUT2D eigenvalue weighted by Gasteiger charge is -2.26. The average molecular weight is 452 g/mol. The molecule has 2 aromatic rings. The lowest BCUT2D eigenvalue weighted by Crippen LogP contribution is -2.40. The molecule has 0 saturated carbocycles. The number of nitrogens with zero attached hydrogens (tertiary/aromatic N) is 1. The zero-order valence-corrected chi connectivity index (χ0v) is 17.8. The molecule has 2 aromatic carbocycles. The fourth-order valence-electron chi connectivity index (χ4n) is 2.75. The van der Waals surface area contributed by atoms with Gasteiger partial charge >= 0.3 is 5.97 Å². The summed E-state index contributed by atoms with van der Waals surface area (Å²) in [5, 5.41) is 0.489. The van der Waals surface area contributed by atoms with Gasteiger partial charge < -0.3 is 14.2 Å². The second-order valence-electron chi connectivity index (χ2n) is 6.37. The Kier molecular flexibility index (Phi) is 7.87. The molecule has 1 aliphatic rings. The van der Waals surface area contributed by atoms with Gasteiger partial charge in [0.25, 0.3) is 0 Å². The molecular formula is C21H22ClNO6S. The van der Waals surface area contributed by atoms with E-state index < -0.39 is 16.0 Å². The van der Waals surface area contributed by atoms with Gasteiger partial charge in [0, 0.05) is 19.2 Å². The zero-order valence-electron chi connectivity index (χ0n) is 16.2. The standard InChI is InChI=1S/C21H22ClNO6S/c22-19-3-1-2-4-20(19)28-15-16-29-21(24)10-7-17-5-8-18(9-6-17)30(25,26)23-11-13-27-14-12-23/h1-10H,11-16H2. The third-order valence-electron chi connectivity index (χ3n) is 4.32. The van der Waals surface area contributed by atoms with E-state index in [-0.39, 0.29) is 18.1 Å². The number of carbonyl (C=O) groups excluding carboxylic acids is 1. The second-order valence-corrected chi connectivity index (χ2v) is 8.71. The molecule has 1 aliphatic heterocycles. The predicted octanol–water partition coefficient (Wildman–Crippen LogP) is 3.00. The van der Waals surface area contributed by atoms with Gasteiger partial charge in [0.2, 0.25) is 10.0 Å². The molecule has 0 spiro atoms. The monoisotopic (exact) mass is 451 g/mol. The van der Waals surface area contributed by atoms with Crippen LogP contribution in [0.5, 0.6) is 5.75 Å². The van der Waals surface area contributed by atoms with Crippen molar-refractivity contribution < 1.29 is 27.4 Å². The van der Waals surface area contributed by atoms with Gasteiger partial charge in [0.05, 0.1) is 23.1 Å². The molecule has 9 heteroatoms. The highest BCUT2D eigenvalue weighted by molar-refractivity contribution is 7.89. The van der Waals surface area contributed by atoms with Crippen LogP contribution in [0.15, 0.2) is 59.5 Å². The molecule has 1 fully saturated rings. The summed E-state index contributed by atoms with van der Waals surface area (Å²) in [7, 11) is -3.54. The molecule has 0 atom stereocenters. The summed E-state index contributed by atoms with van der Waals surface area (Å²) in [5.41, 5.74) is 0.681. The maximum Gasteiger partial charge on any atom is 0.330 e. The van der Waals surface area contributed by atoms with Crippen LogP contribution in [-0.2, 0) is 24.3 Å². The molecule has 7 nitrogen and oxygen atoms in total. The van der Waals surface area contributed by atoms with E-state index in [1.807, 2.05) is 0 Å². The number of hydrogen-bond donors (Lipinski definition) is 0. The fraction of sp³-hybridized carbons (Fsp3) is 0.286. The first-order valence-corrected chi connectivity index (χ1v) is 11.2. The van der Waals surface area contributed by atoms with Crippen LogP contribution in [0.2, 0.25) is 5.02 Å². The van der Waals surface area contributed by atoms with Crippen molar-refractivity contribution in [3.8, 4) is 5.75 Å². The molecule has 0 unspecified atom stereocenters. The number of rotatable bonds is 8. The van der Waals surface area contributed by atoms with Crippen LogP contribution >= 0.6 is 11.6 Å². The average Bonchev–Trinajstić information content (AvgIpc) is 2.77. The largest absolute Gasteiger partial charge is 0.488 e. The summed E-state index contributed by atoms with van der Waals surface area (Å²) in [6.45, 7) is 1.73. The van der Waals surface area contributed by atoms with Gasteiger partial charge in [0.1, 0.15) is 19.0 Å². The van der Waals surface area contributed by atoms with Gasteiger partial charge in [0.15, 0.2) is 0 Å². The van der Waals surface area contributed by atoms with Crippen molar-refractivity contribution in [2.45, 2.75) is 4.90 Å². The topological polar surface area (TPSA) is 82.1 Å². The lowest BCUT2D eigenvalue weighted by molar-refractivity contribution is -0.138. The van der Waals surface area contributed by atoms with Crippen LogP contribution in [0.3, 0.4) is 0 Å². The van der Waals surface area contributed by atoms with Crippen molar-refractivity contribution in [2.75, 3.05) is 39.5 Å². The molecule has 0 N–H and O–H groups in total. The quantitative estimate of drug-likeness (QED) is 0.348. The first-order chi connectivity index (χ1) is 14.5. The van der Waals surface area contributed by atoms with E-state index in [1.54, 1.807) is 42.5 Å². The molecule has 160 valence electrons. The number of ether oxygens (including phenoxy) is 3. The Labute approximate surface area is 180 Å². The van der Waals surface area contributed by atoms with Crippen LogP contribution in [0, 0.1) is 0 Å². The SMILES string of the molecule is O=C(C=Cc1ccc(S(=O)(=O)N2CCOCC2)cc1)OCCOc1ccccc1Cl. The molecular weight excluding hydrogens is 430 g/mol. The lowest BCUT2D eigenvalue weighted by atomic mass is 10.2.